The third-order valence-electron chi connectivity index (χ3n) is 4.06. The van der Waals surface area contributed by atoms with Crippen LogP contribution in [0.5, 0.6) is 0 Å². The van der Waals surface area contributed by atoms with Gasteiger partial charge in [0, 0.05) is 6.42 Å². The van der Waals surface area contributed by atoms with Crippen LogP contribution in [-0.2, 0) is 10.3 Å². The highest BCUT2D eigenvalue weighted by Gasteiger charge is 2.36. The highest BCUT2D eigenvalue weighted by Crippen LogP contribution is 2.38. The molecule has 1 aliphatic rings. The van der Waals surface area contributed by atoms with Crippen LogP contribution in [0, 0.1) is 5.82 Å². The Balaban J connectivity index is 2.06. The lowest BCUT2D eigenvalue weighted by molar-refractivity contribution is -0.123. The first-order valence-corrected chi connectivity index (χ1v) is 7.38. The van der Waals surface area contributed by atoms with Crippen LogP contribution in [0.3, 0.4) is 0 Å². The van der Waals surface area contributed by atoms with Crippen molar-refractivity contribution in [2.45, 2.75) is 44.1 Å². The van der Waals surface area contributed by atoms with Crippen LogP contribution in [0.15, 0.2) is 24.3 Å². The highest BCUT2D eigenvalue weighted by atomic mass is 19.1. The summed E-state index contributed by atoms with van der Waals surface area (Å²) >= 11 is 0. The molecule has 0 aliphatic heterocycles. The molecule has 1 aromatic rings. The van der Waals surface area contributed by atoms with Gasteiger partial charge in [0.05, 0.1) is 5.54 Å². The Labute approximate surface area is 120 Å². The van der Waals surface area contributed by atoms with Crippen LogP contribution >= 0.6 is 0 Å². The first kappa shape index (κ1) is 15.0. The summed E-state index contributed by atoms with van der Waals surface area (Å²) in [6, 6.07) is 6.55. The number of amides is 1. The summed E-state index contributed by atoms with van der Waals surface area (Å²) in [5.74, 6) is -0.145. The zero-order chi connectivity index (χ0) is 14.4. The largest absolute Gasteiger partial charge is 0.347 e. The Morgan fingerprint density at radius 2 is 1.90 bits per heavy atom. The molecule has 1 fully saturated rings. The maximum absolute atomic E-state index is 13.1. The number of halogens is 1. The number of carbonyl (C=O) groups is 1. The minimum absolute atomic E-state index is 0.0893. The molecule has 110 valence electrons. The second kappa shape index (κ2) is 6.84. The second-order valence-corrected chi connectivity index (χ2v) is 5.55. The molecule has 20 heavy (non-hydrogen) atoms. The van der Waals surface area contributed by atoms with Gasteiger partial charge in [0.1, 0.15) is 5.82 Å². The molecule has 0 saturated heterocycles. The standard InChI is InChI=1S/C16H23FN2O/c1-18-12-4-5-15(20)19-16(10-2-3-11-16)13-6-8-14(17)9-7-13/h6-9,18H,2-5,10-12H2,1H3,(H,19,20). The minimum atomic E-state index is -0.287. The van der Waals surface area contributed by atoms with E-state index in [2.05, 4.69) is 10.6 Å². The smallest absolute Gasteiger partial charge is 0.220 e. The first-order valence-electron chi connectivity index (χ1n) is 7.38. The fourth-order valence-electron chi connectivity index (χ4n) is 2.99. The molecule has 1 aromatic carbocycles. The van der Waals surface area contributed by atoms with Crippen molar-refractivity contribution in [1.82, 2.24) is 10.6 Å². The molecular formula is C16H23FN2O. The highest BCUT2D eigenvalue weighted by molar-refractivity contribution is 5.77. The molecule has 0 unspecified atom stereocenters. The van der Waals surface area contributed by atoms with Gasteiger partial charge in [0.25, 0.3) is 0 Å². The molecule has 0 spiro atoms. The normalized spacial score (nSPS) is 17.1. The number of carbonyl (C=O) groups excluding carboxylic acids is 1. The van der Waals surface area contributed by atoms with Crippen LogP contribution in [-0.4, -0.2) is 19.5 Å². The summed E-state index contributed by atoms with van der Waals surface area (Å²) in [5.41, 5.74) is 0.739. The molecular weight excluding hydrogens is 255 g/mol. The van der Waals surface area contributed by atoms with Crippen molar-refractivity contribution < 1.29 is 9.18 Å². The fraction of sp³-hybridized carbons (Fsp3) is 0.562. The zero-order valence-electron chi connectivity index (χ0n) is 12.0. The number of nitrogens with one attached hydrogen (secondary N) is 2. The molecule has 2 N–H and O–H groups in total. The maximum atomic E-state index is 13.1. The van der Waals surface area contributed by atoms with Crippen molar-refractivity contribution in [1.29, 1.82) is 0 Å². The van der Waals surface area contributed by atoms with Crippen molar-refractivity contribution >= 4 is 5.91 Å². The lowest BCUT2D eigenvalue weighted by atomic mass is 9.88. The molecule has 0 heterocycles. The quantitative estimate of drug-likeness (QED) is 0.786. The van der Waals surface area contributed by atoms with E-state index in [0.29, 0.717) is 6.42 Å². The van der Waals surface area contributed by atoms with E-state index in [1.54, 1.807) is 12.1 Å². The van der Waals surface area contributed by atoms with Gasteiger partial charge >= 0.3 is 0 Å². The van der Waals surface area contributed by atoms with Crippen molar-refractivity contribution in [2.24, 2.45) is 0 Å². The van der Waals surface area contributed by atoms with E-state index < -0.39 is 0 Å². The Kier molecular flexibility index (Phi) is 5.12. The Morgan fingerprint density at radius 1 is 1.25 bits per heavy atom. The van der Waals surface area contributed by atoms with Crippen LogP contribution in [0.25, 0.3) is 0 Å². The van der Waals surface area contributed by atoms with Crippen molar-refractivity contribution in [3.63, 3.8) is 0 Å². The molecule has 3 nitrogen and oxygen atoms in total. The predicted molar refractivity (Wildman–Crippen MR) is 77.8 cm³/mol. The van der Waals surface area contributed by atoms with Gasteiger partial charge in [0.2, 0.25) is 5.91 Å². The van der Waals surface area contributed by atoms with E-state index in [1.807, 2.05) is 7.05 Å². The third kappa shape index (κ3) is 3.57. The molecule has 1 aliphatic carbocycles. The topological polar surface area (TPSA) is 41.1 Å². The molecule has 2 rings (SSSR count). The van der Waals surface area contributed by atoms with Gasteiger partial charge < -0.3 is 10.6 Å². The van der Waals surface area contributed by atoms with E-state index in [4.69, 9.17) is 0 Å². The molecule has 0 radical (unpaired) electrons. The molecule has 1 saturated carbocycles. The molecule has 0 aromatic heterocycles. The lowest BCUT2D eigenvalue weighted by Gasteiger charge is -2.31. The van der Waals surface area contributed by atoms with Gasteiger partial charge in [0.15, 0.2) is 0 Å². The number of rotatable bonds is 6. The third-order valence-corrected chi connectivity index (χ3v) is 4.06. The van der Waals surface area contributed by atoms with Crippen LogP contribution in [0.1, 0.15) is 44.1 Å². The van der Waals surface area contributed by atoms with Gasteiger partial charge in [-0.3, -0.25) is 4.79 Å². The molecule has 1 amide bonds. The molecule has 0 bridgehead atoms. The number of benzene rings is 1. The van der Waals surface area contributed by atoms with Crippen LogP contribution in [0.2, 0.25) is 0 Å². The van der Waals surface area contributed by atoms with Gasteiger partial charge in [-0.2, -0.15) is 0 Å². The van der Waals surface area contributed by atoms with E-state index >= 15 is 0 Å². The Bertz CT molecular complexity index is 438. The van der Waals surface area contributed by atoms with Crippen LogP contribution < -0.4 is 10.6 Å². The van der Waals surface area contributed by atoms with Gasteiger partial charge in [-0.05, 0) is 50.6 Å². The van der Waals surface area contributed by atoms with E-state index in [-0.39, 0.29) is 17.3 Å². The van der Waals surface area contributed by atoms with E-state index in [9.17, 15) is 9.18 Å². The van der Waals surface area contributed by atoms with Crippen molar-refractivity contribution in [3.05, 3.63) is 35.6 Å². The summed E-state index contributed by atoms with van der Waals surface area (Å²) in [7, 11) is 1.88. The number of hydrogen-bond donors (Lipinski definition) is 2. The maximum Gasteiger partial charge on any atom is 0.220 e. The van der Waals surface area contributed by atoms with Gasteiger partial charge in [-0.1, -0.05) is 25.0 Å². The Morgan fingerprint density at radius 3 is 2.50 bits per heavy atom. The monoisotopic (exact) mass is 278 g/mol. The minimum Gasteiger partial charge on any atom is -0.347 e. The summed E-state index contributed by atoms with van der Waals surface area (Å²) in [4.78, 5) is 12.1. The average Bonchev–Trinajstić information content (AvgIpc) is 2.89. The molecule has 0 atom stereocenters. The summed E-state index contributed by atoms with van der Waals surface area (Å²) in [6.07, 6.45) is 5.46. The second-order valence-electron chi connectivity index (χ2n) is 5.55. The number of hydrogen-bond acceptors (Lipinski definition) is 2. The molecule has 4 heteroatoms. The SMILES string of the molecule is CNCCCC(=O)NC1(c2ccc(F)cc2)CCCC1. The fourth-order valence-corrected chi connectivity index (χ4v) is 2.99. The average molecular weight is 278 g/mol. The van der Waals surface area contributed by atoms with E-state index in [0.717, 1.165) is 44.2 Å². The summed E-state index contributed by atoms with van der Waals surface area (Å²) in [5, 5.41) is 6.24. The predicted octanol–water partition coefficient (Wildman–Crippen LogP) is 2.71. The van der Waals surface area contributed by atoms with Crippen molar-refractivity contribution in [3.8, 4) is 0 Å². The zero-order valence-corrected chi connectivity index (χ0v) is 12.0. The van der Waals surface area contributed by atoms with Gasteiger partial charge in [-0.15, -0.1) is 0 Å². The Hall–Kier alpha value is -1.42. The van der Waals surface area contributed by atoms with Gasteiger partial charge in [-0.25, -0.2) is 4.39 Å². The summed E-state index contributed by atoms with van der Waals surface area (Å²) in [6.45, 7) is 0.844. The lowest BCUT2D eigenvalue weighted by Crippen LogP contribution is -2.43. The summed E-state index contributed by atoms with van der Waals surface area (Å²) < 4.78 is 13.1. The van der Waals surface area contributed by atoms with E-state index in [1.165, 1.54) is 12.1 Å². The van der Waals surface area contributed by atoms with Crippen LogP contribution in [0.4, 0.5) is 4.39 Å². The first-order chi connectivity index (χ1) is 9.66. The van der Waals surface area contributed by atoms with Crippen molar-refractivity contribution in [2.75, 3.05) is 13.6 Å².